The van der Waals surface area contributed by atoms with Gasteiger partial charge < -0.3 is 9.84 Å². The maximum absolute atomic E-state index is 10.6. The second kappa shape index (κ2) is 8.93. The fourth-order valence-corrected chi connectivity index (χ4v) is 4.91. The van der Waals surface area contributed by atoms with Crippen molar-refractivity contribution < 1.29 is 9.84 Å². The SMILES string of the molecule is CC(C)c1ccnc(-n2c3ccccc3c3ccc(Oc4ccc5cc(C(C)C)cc(O)c5n4)cc32)c1. The lowest BCUT2D eigenvalue weighted by Crippen LogP contribution is -1.99. The van der Waals surface area contributed by atoms with Crippen LogP contribution in [0.4, 0.5) is 0 Å². The van der Waals surface area contributed by atoms with E-state index in [0.717, 1.165) is 38.6 Å². The highest BCUT2D eigenvalue weighted by Crippen LogP contribution is 2.36. The lowest BCUT2D eigenvalue weighted by molar-refractivity contribution is 0.460. The Labute approximate surface area is 216 Å². The summed E-state index contributed by atoms with van der Waals surface area (Å²) in [6.45, 7) is 8.59. The minimum Gasteiger partial charge on any atom is -0.506 e. The summed E-state index contributed by atoms with van der Waals surface area (Å²) in [7, 11) is 0. The number of aromatic nitrogens is 3. The Morgan fingerprint density at radius 2 is 1.54 bits per heavy atom. The summed E-state index contributed by atoms with van der Waals surface area (Å²) in [6.07, 6.45) is 1.88. The van der Waals surface area contributed by atoms with Gasteiger partial charge in [-0.05, 0) is 71.5 Å². The average Bonchev–Trinajstić information content (AvgIpc) is 3.22. The number of hydrogen-bond acceptors (Lipinski definition) is 4. The Kier molecular flexibility index (Phi) is 5.56. The molecule has 0 fully saturated rings. The van der Waals surface area contributed by atoms with E-state index in [1.807, 2.05) is 30.5 Å². The molecule has 6 rings (SSSR count). The number of aromatic hydroxyl groups is 1. The summed E-state index contributed by atoms with van der Waals surface area (Å²) < 4.78 is 8.41. The third-order valence-corrected chi connectivity index (χ3v) is 6.97. The molecule has 0 aliphatic rings. The third kappa shape index (κ3) is 4.06. The van der Waals surface area contributed by atoms with Crippen molar-refractivity contribution in [3.05, 3.63) is 96.2 Å². The fraction of sp³-hybridized carbons (Fsp3) is 0.188. The number of phenolic OH excluding ortho intramolecular Hbond substituents is 1. The molecule has 5 nitrogen and oxygen atoms in total. The number of pyridine rings is 2. The van der Waals surface area contributed by atoms with Gasteiger partial charge in [0.1, 0.15) is 22.8 Å². The monoisotopic (exact) mass is 487 g/mol. The Morgan fingerprint density at radius 1 is 0.757 bits per heavy atom. The van der Waals surface area contributed by atoms with Gasteiger partial charge in [-0.15, -0.1) is 0 Å². The van der Waals surface area contributed by atoms with Crippen LogP contribution in [0.3, 0.4) is 0 Å². The molecule has 0 spiro atoms. The zero-order valence-corrected chi connectivity index (χ0v) is 21.4. The number of hydrogen-bond donors (Lipinski definition) is 1. The van der Waals surface area contributed by atoms with Crippen molar-refractivity contribution in [3.63, 3.8) is 0 Å². The molecule has 0 aliphatic carbocycles. The normalized spacial score (nSPS) is 11.8. The van der Waals surface area contributed by atoms with Gasteiger partial charge in [0.2, 0.25) is 5.88 Å². The minimum absolute atomic E-state index is 0.165. The summed E-state index contributed by atoms with van der Waals surface area (Å²) in [5, 5.41) is 13.8. The van der Waals surface area contributed by atoms with Crippen LogP contribution >= 0.6 is 0 Å². The van der Waals surface area contributed by atoms with Crippen LogP contribution in [0.5, 0.6) is 17.4 Å². The van der Waals surface area contributed by atoms with Crippen LogP contribution < -0.4 is 4.74 Å². The zero-order valence-electron chi connectivity index (χ0n) is 21.4. The van der Waals surface area contributed by atoms with Crippen molar-refractivity contribution in [3.8, 4) is 23.2 Å². The largest absolute Gasteiger partial charge is 0.506 e. The van der Waals surface area contributed by atoms with Gasteiger partial charge in [0, 0.05) is 34.5 Å². The summed E-state index contributed by atoms with van der Waals surface area (Å²) in [6, 6.07) is 26.3. The average molecular weight is 488 g/mol. The molecule has 5 heteroatoms. The second-order valence-electron chi connectivity index (χ2n) is 10.2. The van der Waals surface area contributed by atoms with Gasteiger partial charge in [-0.1, -0.05) is 45.9 Å². The Balaban J connectivity index is 1.46. The molecule has 0 saturated carbocycles. The molecule has 3 heterocycles. The number of fused-ring (bicyclic) bond motifs is 4. The maximum Gasteiger partial charge on any atom is 0.219 e. The Morgan fingerprint density at radius 3 is 2.35 bits per heavy atom. The van der Waals surface area contributed by atoms with Crippen LogP contribution in [0.15, 0.2) is 85.1 Å². The van der Waals surface area contributed by atoms with Crippen LogP contribution in [-0.4, -0.2) is 19.6 Å². The quantitative estimate of drug-likeness (QED) is 0.265. The number of rotatable bonds is 5. The van der Waals surface area contributed by atoms with Crippen LogP contribution in [0.2, 0.25) is 0 Å². The predicted molar refractivity (Wildman–Crippen MR) is 150 cm³/mol. The molecule has 3 aromatic carbocycles. The van der Waals surface area contributed by atoms with Gasteiger partial charge in [-0.25, -0.2) is 9.97 Å². The van der Waals surface area contributed by atoms with Crippen LogP contribution in [0.1, 0.15) is 50.7 Å². The lowest BCUT2D eigenvalue weighted by Gasteiger charge is -2.12. The first kappa shape index (κ1) is 23.0. The van der Waals surface area contributed by atoms with Crippen molar-refractivity contribution in [2.45, 2.75) is 39.5 Å². The molecule has 184 valence electrons. The van der Waals surface area contributed by atoms with Crippen molar-refractivity contribution in [1.29, 1.82) is 0 Å². The van der Waals surface area contributed by atoms with E-state index in [2.05, 4.69) is 85.8 Å². The summed E-state index contributed by atoms with van der Waals surface area (Å²) in [4.78, 5) is 9.34. The summed E-state index contributed by atoms with van der Waals surface area (Å²) >= 11 is 0. The van der Waals surface area contributed by atoms with E-state index in [0.29, 0.717) is 29.0 Å². The molecule has 0 unspecified atom stereocenters. The molecular formula is C32H29N3O2. The predicted octanol–water partition coefficient (Wildman–Crippen LogP) is 8.47. The van der Waals surface area contributed by atoms with Gasteiger partial charge in [-0.2, -0.15) is 0 Å². The fourth-order valence-electron chi connectivity index (χ4n) is 4.91. The first-order valence-electron chi connectivity index (χ1n) is 12.7. The molecule has 0 aliphatic heterocycles. The zero-order chi connectivity index (χ0) is 25.7. The molecular weight excluding hydrogens is 458 g/mol. The summed E-state index contributed by atoms with van der Waals surface area (Å²) in [5.74, 6) is 2.87. The Hall–Kier alpha value is -4.38. The van der Waals surface area contributed by atoms with E-state index in [1.165, 1.54) is 5.56 Å². The number of ether oxygens (including phenoxy) is 1. The van der Waals surface area contributed by atoms with Crippen LogP contribution in [-0.2, 0) is 0 Å². The maximum atomic E-state index is 10.6. The van der Waals surface area contributed by atoms with E-state index >= 15 is 0 Å². The highest BCUT2D eigenvalue weighted by Gasteiger charge is 2.15. The van der Waals surface area contributed by atoms with E-state index < -0.39 is 0 Å². The van der Waals surface area contributed by atoms with Gasteiger partial charge in [0.15, 0.2) is 0 Å². The molecule has 0 radical (unpaired) electrons. The topological polar surface area (TPSA) is 60.2 Å². The molecule has 0 amide bonds. The molecule has 3 aromatic heterocycles. The number of para-hydroxylation sites is 1. The smallest absolute Gasteiger partial charge is 0.219 e. The molecule has 0 atom stereocenters. The van der Waals surface area contributed by atoms with Gasteiger partial charge in [0.05, 0.1) is 11.0 Å². The second-order valence-corrected chi connectivity index (χ2v) is 10.2. The standard InChI is InChI=1S/C32H29N3O2/c1-19(2)21-13-14-33-30(17-21)35-27-8-6-5-7-25(27)26-11-10-24(18-28(26)35)37-31-12-9-22-15-23(20(3)4)16-29(36)32(22)34-31/h5-20,36H,1-4H3. The van der Waals surface area contributed by atoms with Crippen molar-refractivity contribution in [1.82, 2.24) is 14.5 Å². The van der Waals surface area contributed by atoms with E-state index in [1.54, 1.807) is 6.07 Å². The molecule has 37 heavy (non-hydrogen) atoms. The van der Waals surface area contributed by atoms with Crippen molar-refractivity contribution in [2.75, 3.05) is 0 Å². The van der Waals surface area contributed by atoms with Crippen molar-refractivity contribution >= 4 is 32.7 Å². The third-order valence-electron chi connectivity index (χ3n) is 6.97. The van der Waals surface area contributed by atoms with Crippen LogP contribution in [0, 0.1) is 0 Å². The number of nitrogens with zero attached hydrogens (tertiary/aromatic N) is 3. The highest BCUT2D eigenvalue weighted by molar-refractivity contribution is 6.09. The van der Waals surface area contributed by atoms with E-state index in [-0.39, 0.29) is 5.75 Å². The van der Waals surface area contributed by atoms with E-state index in [9.17, 15) is 5.11 Å². The number of phenols is 1. The first-order chi connectivity index (χ1) is 17.9. The molecule has 0 bridgehead atoms. The number of benzene rings is 3. The lowest BCUT2D eigenvalue weighted by atomic mass is 10.0. The molecule has 6 aromatic rings. The first-order valence-corrected chi connectivity index (χ1v) is 12.7. The van der Waals surface area contributed by atoms with Gasteiger partial charge >= 0.3 is 0 Å². The molecule has 0 saturated heterocycles. The van der Waals surface area contributed by atoms with Gasteiger partial charge in [-0.3, -0.25) is 4.57 Å². The van der Waals surface area contributed by atoms with Gasteiger partial charge in [0.25, 0.3) is 0 Å². The highest BCUT2D eigenvalue weighted by atomic mass is 16.5. The summed E-state index contributed by atoms with van der Waals surface area (Å²) in [5.41, 5.74) is 4.96. The Bertz CT molecular complexity index is 1780. The molecule has 1 N–H and O–H groups in total. The van der Waals surface area contributed by atoms with Crippen LogP contribution in [0.25, 0.3) is 38.5 Å². The van der Waals surface area contributed by atoms with E-state index in [4.69, 9.17) is 9.72 Å². The minimum atomic E-state index is 0.165. The van der Waals surface area contributed by atoms with Crippen molar-refractivity contribution in [2.24, 2.45) is 0 Å².